The van der Waals surface area contributed by atoms with Gasteiger partial charge in [0, 0.05) is 101 Å². The summed E-state index contributed by atoms with van der Waals surface area (Å²) >= 11 is 15.6. The molecule has 0 bridgehead atoms. The van der Waals surface area contributed by atoms with Crippen LogP contribution in [0.15, 0.2) is 94.9 Å². The van der Waals surface area contributed by atoms with Crippen LogP contribution in [0.1, 0.15) is 204 Å². The predicted octanol–water partition coefficient (Wildman–Crippen LogP) is 9.88. The van der Waals surface area contributed by atoms with Gasteiger partial charge in [-0.3, -0.25) is 97.1 Å². The molecule has 734 valence electrons. The van der Waals surface area contributed by atoms with Crippen LogP contribution in [0.5, 0.6) is 11.5 Å². The molecule has 6 aliphatic heterocycles. The number of alkyl halides is 3. The molecule has 2 unspecified atom stereocenters. The van der Waals surface area contributed by atoms with Gasteiger partial charge in [0.15, 0.2) is 24.0 Å². The highest BCUT2D eigenvalue weighted by Crippen LogP contribution is 2.43. The number of ether oxygens (including phenoxy) is 8. The van der Waals surface area contributed by atoms with E-state index in [1.54, 1.807) is 28.7 Å². The van der Waals surface area contributed by atoms with Crippen molar-refractivity contribution in [3.8, 4) is 21.5 Å². The van der Waals surface area contributed by atoms with Gasteiger partial charge < -0.3 is 64.5 Å². The van der Waals surface area contributed by atoms with Crippen LogP contribution in [0.4, 0.5) is 13.2 Å². The summed E-state index contributed by atoms with van der Waals surface area (Å²) in [6, 6.07) is 20.7. The minimum absolute atomic E-state index is 0. The first-order valence-electron chi connectivity index (χ1n) is 43.6. The number of aromatic nitrogens is 6. The summed E-state index contributed by atoms with van der Waals surface area (Å²) in [5, 5.41) is 47.1. The fourth-order valence-corrected chi connectivity index (χ4v) is 17.6. The molecular weight excluding hydrogens is 1880 g/mol. The molecule has 10 amide bonds. The van der Waals surface area contributed by atoms with Gasteiger partial charge >= 0.3 is 18.1 Å². The van der Waals surface area contributed by atoms with Gasteiger partial charge in [-0.1, -0.05) is 67.0 Å². The largest absolute Gasteiger partial charge is 0.490 e. The number of thiophene rings is 2. The van der Waals surface area contributed by atoms with Gasteiger partial charge in [-0.25, -0.2) is 4.79 Å². The van der Waals surface area contributed by atoms with E-state index in [1.807, 2.05) is 71.5 Å². The average molecular weight is 1980 g/mol. The fraction of sp³-hybridized carbons (Fsp3) is 0.446. The van der Waals surface area contributed by atoms with Crippen molar-refractivity contribution in [3.63, 3.8) is 0 Å². The summed E-state index contributed by atoms with van der Waals surface area (Å²) in [4.78, 5) is 172. The molecule has 0 radical (unpaired) electrons. The number of fused-ring (bicyclic) bond motifs is 8. The zero-order valence-corrected chi connectivity index (χ0v) is 78.3. The van der Waals surface area contributed by atoms with E-state index in [2.05, 4.69) is 69.4 Å². The number of unbranched alkanes of at least 4 members (excludes halogenated alkanes) is 1. The Morgan fingerprint density at radius 1 is 0.496 bits per heavy atom. The van der Waals surface area contributed by atoms with E-state index in [1.165, 1.54) is 40.1 Å². The second-order valence-corrected chi connectivity index (χ2v) is 34.7. The molecule has 8 N–H and O–H groups in total. The van der Waals surface area contributed by atoms with Crippen molar-refractivity contribution in [1.82, 2.24) is 60.6 Å². The summed E-state index contributed by atoms with van der Waals surface area (Å²) in [5.74, 6) is -6.62. The van der Waals surface area contributed by atoms with Gasteiger partial charge in [0.2, 0.25) is 29.5 Å². The van der Waals surface area contributed by atoms with Crippen LogP contribution < -0.4 is 36.5 Å². The van der Waals surface area contributed by atoms with Crippen molar-refractivity contribution in [2.24, 2.45) is 15.7 Å². The molecule has 4 atom stereocenters. The summed E-state index contributed by atoms with van der Waals surface area (Å²) in [5.41, 5.74) is 13.2. The number of aliphatic carboxylic acids is 2. The van der Waals surface area contributed by atoms with Gasteiger partial charge in [0.05, 0.1) is 99.4 Å². The van der Waals surface area contributed by atoms with Gasteiger partial charge in [0.25, 0.3) is 29.5 Å². The Hall–Kier alpha value is -12.3. The number of carbonyl (C=O) groups is 13. The number of rotatable bonds is 42. The summed E-state index contributed by atoms with van der Waals surface area (Å²) in [6.45, 7) is 18.2. The third-order valence-electron chi connectivity index (χ3n) is 21.9. The molecule has 45 heteroatoms. The number of amides is 10. The van der Waals surface area contributed by atoms with E-state index in [0.29, 0.717) is 146 Å². The number of hydrogen-bond acceptors (Lipinski definition) is 30. The van der Waals surface area contributed by atoms with E-state index in [0.717, 1.165) is 82.7 Å². The van der Waals surface area contributed by atoms with Gasteiger partial charge in [0.1, 0.15) is 63.9 Å². The maximum Gasteiger partial charge on any atom is 0.490 e. The number of carboxylic acid groups (broad SMARTS) is 2. The molecule has 8 aromatic rings. The van der Waals surface area contributed by atoms with Crippen molar-refractivity contribution >= 4 is 134 Å². The highest BCUT2D eigenvalue weighted by atomic mass is 35.5. The number of ketones is 1. The van der Waals surface area contributed by atoms with Crippen LogP contribution >= 0.6 is 45.9 Å². The zero-order valence-electron chi connectivity index (χ0n) is 75.1. The average Bonchev–Trinajstić information content (AvgIpc) is 1.69. The predicted molar refractivity (Wildman–Crippen MR) is 494 cm³/mol. The third-order valence-corrected chi connectivity index (χ3v) is 24.7. The number of Topliss-reactive ketones (excluding diaryl/α,β-unsaturated/α-hetero) is 1. The standard InChI is InChI=1S/C44H49ClN8O10S.C26H35N3O9.C19H17ClN4O2S.C2HF3O2.CH4/c1-25-26(2)64-44-37(25)39(28-9-11-29(45)12-10-28)48-31(40-51-50-27(3)52(40)44)23-35(55)46-15-5-17-60-19-21-62-22-20-61-18-6-16-47-36(56)24-63-33-8-4-7-30-38(33)43(59)53(42(30)58)32-13-14-34(54)49-41(32)57;27-10-4-12-36-14-16-37-15-13-35-11-2-1-5-18(30)17-38-21-7-3-6-19-23(21)26(34)29(25(19)33)20-8-9-22(31)28-24(20)32;1-9-10(2)27-19-16(9)17(12-4-6-13(20)7-5-12)21-14(8-15(25)26)18-23-22-11(3)24(18)19;3-2(4,5)1(6)7;/h4,7-12,31-32H,5-6,13-24H2,1-3H3,(H,46,55)(H,47,56)(H,49,54,57);3,6-7,20H,1-2,4-5,8-17,27H2,(H,28,31,32);4-7,14H,8H2,1-3H3,(H,25,26);(H,6,7);1H4/t31-,32?;;14-;;/m0.0../s1. The van der Waals surface area contributed by atoms with Crippen molar-refractivity contribution < 1.29 is 124 Å². The molecule has 4 aromatic heterocycles. The number of benzene rings is 4. The molecule has 14 rings (SSSR count). The van der Waals surface area contributed by atoms with Crippen molar-refractivity contribution in [2.45, 2.75) is 156 Å². The molecule has 38 nitrogen and oxygen atoms in total. The number of aryl methyl sites for hydroxylation is 4. The number of carboxylic acids is 2. The number of hydrogen-bond donors (Lipinski definition) is 7. The Balaban J connectivity index is 0.000000223. The minimum atomic E-state index is -5.08. The van der Waals surface area contributed by atoms with Crippen LogP contribution in [0.25, 0.3) is 10.0 Å². The van der Waals surface area contributed by atoms with E-state index >= 15 is 0 Å². The Labute approximate surface area is 803 Å². The lowest BCUT2D eigenvalue weighted by atomic mass is 9.99. The lowest BCUT2D eigenvalue weighted by molar-refractivity contribution is -0.192. The van der Waals surface area contributed by atoms with E-state index < -0.39 is 102 Å². The first kappa shape index (κ1) is 107. The number of nitrogens with two attached hydrogens (primary N) is 1. The number of imide groups is 4. The lowest BCUT2D eigenvalue weighted by Crippen LogP contribution is -2.54. The first-order valence-corrected chi connectivity index (χ1v) is 46.0. The lowest BCUT2D eigenvalue weighted by Gasteiger charge is -2.27. The molecule has 2 fully saturated rings. The molecular formula is C92H106Cl2F3N15O23S2. The molecule has 10 heterocycles. The Bertz CT molecular complexity index is 5800. The highest BCUT2D eigenvalue weighted by Gasteiger charge is 2.49. The quantitative estimate of drug-likeness (QED) is 0.0138. The Morgan fingerprint density at radius 2 is 0.883 bits per heavy atom. The number of aliphatic imine (C=N–C) groups is 2. The van der Waals surface area contributed by atoms with Crippen molar-refractivity contribution in [1.29, 1.82) is 0 Å². The van der Waals surface area contributed by atoms with E-state index in [-0.39, 0.29) is 104 Å². The number of carbonyl (C=O) groups excluding carboxylic acids is 11. The van der Waals surface area contributed by atoms with Crippen LogP contribution in [0.2, 0.25) is 10.0 Å². The second-order valence-electron chi connectivity index (χ2n) is 31.5. The van der Waals surface area contributed by atoms with Gasteiger partial charge in [-0.2, -0.15) is 13.2 Å². The molecule has 0 spiro atoms. The topological polar surface area (TPSA) is 503 Å². The molecule has 0 aliphatic carbocycles. The van der Waals surface area contributed by atoms with E-state index in [4.69, 9.17) is 86.7 Å². The second kappa shape index (κ2) is 50.7. The summed E-state index contributed by atoms with van der Waals surface area (Å²) < 4.78 is 80.0. The molecule has 2 saturated heterocycles. The number of nitrogens with zero attached hydrogens (tertiary/aromatic N) is 10. The van der Waals surface area contributed by atoms with Gasteiger partial charge in [-0.05, 0) is 153 Å². The maximum atomic E-state index is 13.2. The number of halogens is 5. The molecule has 4 aromatic carbocycles. The molecule has 6 aliphatic rings. The Morgan fingerprint density at radius 3 is 1.28 bits per heavy atom. The molecule has 0 saturated carbocycles. The van der Waals surface area contributed by atoms with Crippen molar-refractivity contribution in [3.05, 3.63) is 184 Å². The third kappa shape index (κ3) is 27.8. The normalized spacial score (nSPS) is 16.2. The van der Waals surface area contributed by atoms with E-state index in [9.17, 15) is 75.8 Å². The molecule has 137 heavy (non-hydrogen) atoms. The Kier molecular flexibility index (Phi) is 39.5. The first-order chi connectivity index (χ1) is 65.2. The summed E-state index contributed by atoms with van der Waals surface area (Å²) in [6.07, 6.45) is -1.42. The SMILES string of the molecule is C.Cc1sc2c(c1C)C(c1ccc(Cl)cc1)=N[C@@H](CC(=O)NCCCOCCOCCOCCCNC(=O)COc1cccc3c1C(=O)N(C1CCC(=O)NC1=O)C3=O)c1nnc(C)n1-2.Cc1sc2c(c1C)C(c1ccc(Cl)cc1)=N[C@@H](CC(=O)O)c1nnc(C)n1-2.NCCCOCCOCCOCCCCC(=O)COc1cccc2c1C(=O)N(C1CCC(=O)NC1=O)C2=O.O=C(O)C(F)(F)F. The fourth-order valence-electron chi connectivity index (χ4n) is 14.9. The van der Waals surface area contributed by atoms with Crippen LogP contribution in [-0.4, -0.2) is 268 Å². The monoisotopic (exact) mass is 1980 g/mol. The van der Waals surface area contributed by atoms with Crippen molar-refractivity contribution in [2.75, 3.05) is 112 Å². The number of nitrogens with one attached hydrogen (secondary N) is 4. The smallest absolute Gasteiger partial charge is 0.485 e. The highest BCUT2D eigenvalue weighted by molar-refractivity contribution is 7.15. The number of piperidine rings is 2. The minimum Gasteiger partial charge on any atom is -0.485 e. The van der Waals surface area contributed by atoms with Gasteiger partial charge in [-0.15, -0.1) is 43.1 Å². The van der Waals surface area contributed by atoms with Crippen LogP contribution in [-0.2, 0) is 71.6 Å². The van der Waals surface area contributed by atoms with Crippen LogP contribution in [0, 0.1) is 41.5 Å². The van der Waals surface area contributed by atoms with Crippen LogP contribution in [0.3, 0.4) is 0 Å². The zero-order chi connectivity index (χ0) is 98.0. The maximum absolute atomic E-state index is 13.2. The summed E-state index contributed by atoms with van der Waals surface area (Å²) in [7, 11) is 0.